The third-order valence-corrected chi connectivity index (χ3v) is 7.09. The monoisotopic (exact) mass is 404 g/mol. The Hall–Kier alpha value is -1.46. The van der Waals surface area contributed by atoms with Gasteiger partial charge in [-0.25, -0.2) is 0 Å². The Bertz CT molecular complexity index is 727. The Kier molecular flexibility index (Phi) is 7.47. The van der Waals surface area contributed by atoms with Crippen LogP contribution in [0.4, 0.5) is 5.00 Å². The molecule has 7 heteroatoms. The highest BCUT2D eigenvalue weighted by Gasteiger charge is 2.29. The van der Waals surface area contributed by atoms with Crippen molar-refractivity contribution in [2.24, 2.45) is 5.92 Å². The van der Waals surface area contributed by atoms with E-state index < -0.39 is 0 Å². The van der Waals surface area contributed by atoms with E-state index in [1.165, 1.54) is 10.4 Å². The lowest BCUT2D eigenvalue weighted by Crippen LogP contribution is -2.43. The number of nitrogens with zero attached hydrogens (tertiary/aromatic N) is 3. The summed E-state index contributed by atoms with van der Waals surface area (Å²) >= 11 is 1.60. The van der Waals surface area contributed by atoms with Crippen LogP contribution in [0.5, 0.6) is 0 Å². The third kappa shape index (κ3) is 5.12. The number of nitriles is 1. The molecule has 0 spiro atoms. The van der Waals surface area contributed by atoms with E-state index in [4.69, 9.17) is 4.74 Å². The summed E-state index contributed by atoms with van der Waals surface area (Å²) in [6.45, 7) is 6.18. The molecule has 2 heterocycles. The molecule has 1 fully saturated rings. The summed E-state index contributed by atoms with van der Waals surface area (Å²) in [7, 11) is 3.82. The van der Waals surface area contributed by atoms with Crippen molar-refractivity contribution < 1.29 is 9.53 Å². The number of nitrogens with one attached hydrogen (secondary N) is 1. The smallest absolute Gasteiger partial charge is 0.239 e. The highest BCUT2D eigenvalue weighted by Crippen LogP contribution is 2.39. The lowest BCUT2D eigenvalue weighted by molar-refractivity contribution is -0.117. The van der Waals surface area contributed by atoms with Crippen molar-refractivity contribution in [3.63, 3.8) is 0 Å². The fourth-order valence-electron chi connectivity index (χ4n) is 4.32. The first-order valence-corrected chi connectivity index (χ1v) is 11.1. The average Bonchev–Trinajstić information content (AvgIpc) is 3.22. The molecule has 2 atom stereocenters. The molecular weight excluding hydrogens is 372 g/mol. The van der Waals surface area contributed by atoms with Crippen molar-refractivity contribution >= 4 is 22.2 Å². The molecule has 0 aromatic carbocycles. The molecule has 6 nitrogen and oxygen atoms in total. The first-order chi connectivity index (χ1) is 13.5. The van der Waals surface area contributed by atoms with E-state index in [1.54, 1.807) is 18.4 Å². The molecule has 0 saturated carbocycles. The summed E-state index contributed by atoms with van der Waals surface area (Å²) in [6.07, 6.45) is 5.35. The molecule has 0 bridgehead atoms. The fourth-order valence-corrected chi connectivity index (χ4v) is 5.69. The molecule has 1 aromatic rings. The number of carbonyl (C=O) groups is 1. The van der Waals surface area contributed by atoms with E-state index in [9.17, 15) is 10.1 Å². The number of thiophene rings is 1. The van der Waals surface area contributed by atoms with Gasteiger partial charge in [-0.05, 0) is 57.2 Å². The van der Waals surface area contributed by atoms with Crippen LogP contribution >= 0.6 is 11.3 Å². The average molecular weight is 405 g/mol. The maximum Gasteiger partial charge on any atom is 0.239 e. The zero-order valence-corrected chi connectivity index (χ0v) is 18.1. The quantitative estimate of drug-likeness (QED) is 0.722. The number of likely N-dealkylation sites (tertiary alicyclic amines) is 1. The van der Waals surface area contributed by atoms with Crippen LogP contribution in [0, 0.1) is 17.2 Å². The minimum absolute atomic E-state index is 0.00501. The summed E-state index contributed by atoms with van der Waals surface area (Å²) < 4.78 is 5.15. The normalized spacial score (nSPS) is 22.2. The van der Waals surface area contributed by atoms with Crippen molar-refractivity contribution in [3.8, 4) is 6.07 Å². The van der Waals surface area contributed by atoms with Crippen LogP contribution < -0.4 is 5.32 Å². The van der Waals surface area contributed by atoms with Crippen molar-refractivity contribution in [1.82, 2.24) is 9.80 Å². The van der Waals surface area contributed by atoms with Gasteiger partial charge in [-0.2, -0.15) is 5.26 Å². The van der Waals surface area contributed by atoms with Crippen LogP contribution in [0.1, 0.15) is 42.2 Å². The first kappa shape index (κ1) is 21.3. The van der Waals surface area contributed by atoms with E-state index in [1.807, 2.05) is 0 Å². The number of fused-ring (bicyclic) bond motifs is 1. The molecule has 1 aliphatic carbocycles. The maximum absolute atomic E-state index is 12.7. The predicted octanol–water partition coefficient (Wildman–Crippen LogP) is 2.73. The van der Waals surface area contributed by atoms with Gasteiger partial charge in [0.15, 0.2) is 0 Å². The number of hydrogen-bond donors (Lipinski definition) is 1. The van der Waals surface area contributed by atoms with Crippen molar-refractivity contribution in [2.45, 2.75) is 45.1 Å². The maximum atomic E-state index is 12.7. The number of hydrogen-bond acceptors (Lipinski definition) is 6. The summed E-state index contributed by atoms with van der Waals surface area (Å²) in [4.78, 5) is 18.6. The van der Waals surface area contributed by atoms with Crippen molar-refractivity contribution in [2.75, 3.05) is 52.3 Å². The summed E-state index contributed by atoms with van der Waals surface area (Å²) in [5.41, 5.74) is 1.86. The van der Waals surface area contributed by atoms with Crippen LogP contribution in [-0.2, 0) is 22.4 Å². The molecule has 2 unspecified atom stereocenters. The lowest BCUT2D eigenvalue weighted by Gasteiger charge is -2.28. The van der Waals surface area contributed by atoms with Crippen LogP contribution in [0.15, 0.2) is 0 Å². The van der Waals surface area contributed by atoms with Gasteiger partial charge in [-0.3, -0.25) is 9.69 Å². The SMILES string of the molecule is COCCN(C)CC1CCCN1CC(=O)Nc1sc2c(c1C#N)CCC(C)C2. The fraction of sp³-hybridized carbons (Fsp3) is 0.714. The third-order valence-electron chi connectivity index (χ3n) is 5.92. The molecule has 1 aromatic heterocycles. The molecule has 1 aliphatic heterocycles. The molecule has 2 aliphatic rings. The highest BCUT2D eigenvalue weighted by molar-refractivity contribution is 7.16. The molecular formula is C21H32N4O2S. The lowest BCUT2D eigenvalue weighted by atomic mass is 9.89. The minimum Gasteiger partial charge on any atom is -0.383 e. The van der Waals surface area contributed by atoms with E-state index in [0.29, 0.717) is 24.1 Å². The topological polar surface area (TPSA) is 68.6 Å². The van der Waals surface area contributed by atoms with E-state index in [2.05, 4.69) is 35.2 Å². The van der Waals surface area contributed by atoms with Gasteiger partial charge in [0.25, 0.3) is 0 Å². The van der Waals surface area contributed by atoms with Crippen LogP contribution in [0.2, 0.25) is 0 Å². The second-order valence-electron chi connectivity index (χ2n) is 8.24. The molecule has 28 heavy (non-hydrogen) atoms. The van der Waals surface area contributed by atoms with Crippen LogP contribution in [0.25, 0.3) is 0 Å². The molecule has 0 radical (unpaired) electrons. The van der Waals surface area contributed by atoms with Gasteiger partial charge in [-0.1, -0.05) is 6.92 Å². The van der Waals surface area contributed by atoms with E-state index in [0.717, 1.165) is 63.3 Å². The van der Waals surface area contributed by atoms with E-state index >= 15 is 0 Å². The van der Waals surface area contributed by atoms with E-state index in [-0.39, 0.29) is 5.91 Å². The number of carbonyl (C=O) groups excluding carboxylic acids is 1. The zero-order valence-electron chi connectivity index (χ0n) is 17.3. The molecule has 1 amide bonds. The van der Waals surface area contributed by atoms with Gasteiger partial charge in [-0.15, -0.1) is 11.3 Å². The number of methoxy groups -OCH3 is 1. The molecule has 1 N–H and O–H groups in total. The minimum atomic E-state index is -0.00501. The van der Waals surface area contributed by atoms with Gasteiger partial charge < -0.3 is 15.0 Å². The van der Waals surface area contributed by atoms with Crippen LogP contribution in [0.3, 0.4) is 0 Å². The highest BCUT2D eigenvalue weighted by atomic mass is 32.1. The van der Waals surface area contributed by atoms with Gasteiger partial charge >= 0.3 is 0 Å². The zero-order chi connectivity index (χ0) is 20.1. The summed E-state index contributed by atoms with van der Waals surface area (Å²) in [6, 6.07) is 2.74. The van der Waals surface area contributed by atoms with Gasteiger partial charge in [0.05, 0.1) is 18.7 Å². The van der Waals surface area contributed by atoms with Gasteiger partial charge in [0, 0.05) is 31.1 Å². The van der Waals surface area contributed by atoms with Gasteiger partial charge in [0.2, 0.25) is 5.91 Å². The second-order valence-corrected chi connectivity index (χ2v) is 9.34. The number of anilines is 1. The second kappa shape index (κ2) is 9.84. The summed E-state index contributed by atoms with van der Waals surface area (Å²) in [5, 5.41) is 13.4. The standard InChI is InChI=1S/C21H32N4O2S/c1-15-6-7-17-18(12-22)21(28-19(17)11-15)23-20(26)14-25-8-4-5-16(25)13-24(2)9-10-27-3/h15-16H,4-11,13-14H2,1-3H3,(H,23,26). The van der Waals surface area contributed by atoms with Gasteiger partial charge in [0.1, 0.15) is 11.1 Å². The Balaban J connectivity index is 1.59. The predicted molar refractivity (Wildman–Crippen MR) is 113 cm³/mol. The summed E-state index contributed by atoms with van der Waals surface area (Å²) in [5.74, 6) is 0.649. The Morgan fingerprint density at radius 2 is 2.29 bits per heavy atom. The van der Waals surface area contributed by atoms with Crippen molar-refractivity contribution in [3.05, 3.63) is 16.0 Å². The number of ether oxygens (including phenoxy) is 1. The van der Waals surface area contributed by atoms with Crippen molar-refractivity contribution in [1.29, 1.82) is 5.26 Å². The Labute approximate surface area is 172 Å². The Morgan fingerprint density at radius 3 is 3.04 bits per heavy atom. The molecule has 3 rings (SSSR count). The largest absolute Gasteiger partial charge is 0.383 e. The number of likely N-dealkylation sites (N-methyl/N-ethyl adjacent to an activating group) is 1. The first-order valence-electron chi connectivity index (χ1n) is 10.3. The molecule has 1 saturated heterocycles. The number of rotatable bonds is 8. The Morgan fingerprint density at radius 1 is 1.46 bits per heavy atom. The molecule has 154 valence electrons. The number of amides is 1. The van der Waals surface area contributed by atoms with Crippen LogP contribution in [-0.4, -0.2) is 68.7 Å².